The fourth-order valence-corrected chi connectivity index (χ4v) is 2.66. The summed E-state index contributed by atoms with van der Waals surface area (Å²) in [5.41, 5.74) is 7.30. The van der Waals surface area contributed by atoms with Crippen molar-refractivity contribution < 1.29 is 0 Å². The third kappa shape index (κ3) is 3.69. The van der Waals surface area contributed by atoms with E-state index in [0.717, 1.165) is 19.3 Å². The minimum atomic E-state index is 0.421. The zero-order chi connectivity index (χ0) is 12.8. The van der Waals surface area contributed by atoms with Crippen molar-refractivity contribution in [3.63, 3.8) is 0 Å². The monoisotopic (exact) mass is 244 g/mol. The van der Waals surface area contributed by atoms with E-state index in [-0.39, 0.29) is 0 Å². The maximum Gasteiger partial charge on any atom is 0.0198 e. The zero-order valence-electron chi connectivity index (χ0n) is 11.2. The Bertz CT molecular complexity index is 364. The molecule has 3 N–H and O–H groups in total. The average molecular weight is 244 g/mol. The van der Waals surface area contributed by atoms with Gasteiger partial charge in [-0.3, -0.25) is 0 Å². The van der Waals surface area contributed by atoms with Crippen LogP contribution in [0.25, 0.3) is 0 Å². The first-order valence-electron chi connectivity index (χ1n) is 6.95. The van der Waals surface area contributed by atoms with Crippen molar-refractivity contribution in [2.24, 2.45) is 5.73 Å². The van der Waals surface area contributed by atoms with Crippen LogP contribution in [0, 0.1) is 0 Å². The summed E-state index contributed by atoms with van der Waals surface area (Å²) in [6.45, 7) is 3.00. The highest BCUT2D eigenvalue weighted by molar-refractivity contribution is 5.19. The van der Waals surface area contributed by atoms with Gasteiger partial charge in [0.05, 0.1) is 0 Å². The fraction of sp³-hybridized carbons (Fsp3) is 0.500. The van der Waals surface area contributed by atoms with Crippen LogP contribution in [0.4, 0.5) is 0 Å². The topological polar surface area (TPSA) is 38.0 Å². The Hall–Kier alpha value is -1.12. The molecule has 0 saturated heterocycles. The minimum Gasteiger partial charge on any atom is -0.329 e. The van der Waals surface area contributed by atoms with Gasteiger partial charge in [-0.2, -0.15) is 0 Å². The standard InChI is InChI=1S/C16H24N2/c1-13(14-7-3-2-4-8-14)11-16(12-17)18-15-9-5-6-10-15/h2-8,13,15-16,18H,9-12,17H2,1H3. The van der Waals surface area contributed by atoms with Crippen LogP contribution in [0.2, 0.25) is 0 Å². The first-order valence-corrected chi connectivity index (χ1v) is 6.95. The lowest BCUT2D eigenvalue weighted by atomic mass is 9.93. The van der Waals surface area contributed by atoms with Gasteiger partial charge in [0, 0.05) is 18.6 Å². The molecule has 1 aliphatic rings. The van der Waals surface area contributed by atoms with Gasteiger partial charge in [-0.05, 0) is 30.7 Å². The van der Waals surface area contributed by atoms with Crippen LogP contribution in [0.1, 0.15) is 37.7 Å². The molecule has 2 atom stereocenters. The second-order valence-electron chi connectivity index (χ2n) is 5.29. The lowest BCUT2D eigenvalue weighted by molar-refractivity contribution is 0.403. The summed E-state index contributed by atoms with van der Waals surface area (Å²) in [5, 5.41) is 3.68. The van der Waals surface area contributed by atoms with Gasteiger partial charge >= 0.3 is 0 Å². The molecule has 1 aromatic carbocycles. The maximum atomic E-state index is 5.89. The summed E-state index contributed by atoms with van der Waals surface area (Å²) in [5.74, 6) is 0.557. The van der Waals surface area contributed by atoms with Gasteiger partial charge < -0.3 is 11.1 Å². The molecule has 0 amide bonds. The smallest absolute Gasteiger partial charge is 0.0198 e. The Morgan fingerprint density at radius 2 is 1.89 bits per heavy atom. The molecule has 0 saturated carbocycles. The van der Waals surface area contributed by atoms with E-state index in [1.54, 1.807) is 0 Å². The van der Waals surface area contributed by atoms with Crippen molar-refractivity contribution in [3.05, 3.63) is 48.0 Å². The highest BCUT2D eigenvalue weighted by Gasteiger charge is 2.17. The van der Waals surface area contributed by atoms with Crippen molar-refractivity contribution in [1.82, 2.24) is 5.32 Å². The predicted molar refractivity (Wildman–Crippen MR) is 77.6 cm³/mol. The highest BCUT2D eigenvalue weighted by Crippen LogP contribution is 2.21. The van der Waals surface area contributed by atoms with Crippen LogP contribution >= 0.6 is 0 Å². The Morgan fingerprint density at radius 3 is 2.50 bits per heavy atom. The van der Waals surface area contributed by atoms with Crippen molar-refractivity contribution in [2.75, 3.05) is 6.54 Å². The van der Waals surface area contributed by atoms with E-state index in [1.165, 1.54) is 5.56 Å². The van der Waals surface area contributed by atoms with Crippen molar-refractivity contribution >= 4 is 0 Å². The highest BCUT2D eigenvalue weighted by atomic mass is 15.0. The molecule has 2 heteroatoms. The first kappa shape index (κ1) is 13.3. The zero-order valence-corrected chi connectivity index (χ0v) is 11.2. The summed E-state index contributed by atoms with van der Waals surface area (Å²) >= 11 is 0. The van der Waals surface area contributed by atoms with Crippen molar-refractivity contribution in [2.45, 2.75) is 44.2 Å². The average Bonchev–Trinajstić information content (AvgIpc) is 2.91. The van der Waals surface area contributed by atoms with Gasteiger partial charge in [0.25, 0.3) is 0 Å². The van der Waals surface area contributed by atoms with Gasteiger partial charge in [-0.15, -0.1) is 0 Å². The minimum absolute atomic E-state index is 0.421. The third-order valence-electron chi connectivity index (χ3n) is 3.77. The Balaban J connectivity index is 1.85. The van der Waals surface area contributed by atoms with Gasteiger partial charge in [0.15, 0.2) is 0 Å². The number of nitrogens with one attached hydrogen (secondary N) is 1. The van der Waals surface area contributed by atoms with Crippen LogP contribution in [0.15, 0.2) is 42.5 Å². The molecular formula is C16H24N2. The Labute approximate surface area is 110 Å². The Morgan fingerprint density at radius 1 is 1.22 bits per heavy atom. The molecule has 98 valence electrons. The van der Waals surface area contributed by atoms with Crippen LogP contribution in [0.5, 0.6) is 0 Å². The number of rotatable bonds is 6. The largest absolute Gasteiger partial charge is 0.329 e. The van der Waals surface area contributed by atoms with E-state index < -0.39 is 0 Å². The molecule has 1 aliphatic carbocycles. The van der Waals surface area contributed by atoms with Gasteiger partial charge in [-0.1, -0.05) is 49.4 Å². The van der Waals surface area contributed by atoms with E-state index in [0.29, 0.717) is 24.5 Å². The maximum absolute atomic E-state index is 5.89. The van der Waals surface area contributed by atoms with E-state index in [2.05, 4.69) is 54.7 Å². The summed E-state index contributed by atoms with van der Waals surface area (Å²) in [6.07, 6.45) is 7.92. The molecule has 1 aromatic rings. The molecule has 0 spiro atoms. The van der Waals surface area contributed by atoms with Gasteiger partial charge in [0.1, 0.15) is 0 Å². The summed E-state index contributed by atoms with van der Waals surface area (Å²) < 4.78 is 0. The lowest BCUT2D eigenvalue weighted by Crippen LogP contribution is -2.42. The number of hydrogen-bond donors (Lipinski definition) is 2. The fourth-order valence-electron chi connectivity index (χ4n) is 2.66. The number of nitrogens with two attached hydrogens (primary N) is 1. The summed E-state index contributed by atoms with van der Waals surface area (Å²) in [7, 11) is 0. The summed E-state index contributed by atoms with van der Waals surface area (Å²) in [4.78, 5) is 0. The van der Waals surface area contributed by atoms with Crippen LogP contribution in [-0.4, -0.2) is 18.6 Å². The van der Waals surface area contributed by atoms with Crippen LogP contribution in [-0.2, 0) is 0 Å². The lowest BCUT2D eigenvalue weighted by Gasteiger charge is -2.24. The molecule has 2 nitrogen and oxygen atoms in total. The number of benzene rings is 1. The Kier molecular flexibility index (Phi) is 4.97. The van der Waals surface area contributed by atoms with Gasteiger partial charge in [-0.25, -0.2) is 0 Å². The molecule has 18 heavy (non-hydrogen) atoms. The second kappa shape index (κ2) is 6.72. The van der Waals surface area contributed by atoms with Crippen molar-refractivity contribution in [3.8, 4) is 0 Å². The van der Waals surface area contributed by atoms with E-state index >= 15 is 0 Å². The van der Waals surface area contributed by atoms with Crippen LogP contribution < -0.4 is 11.1 Å². The molecule has 0 fully saturated rings. The molecular weight excluding hydrogens is 220 g/mol. The van der Waals surface area contributed by atoms with Crippen molar-refractivity contribution in [1.29, 1.82) is 0 Å². The third-order valence-corrected chi connectivity index (χ3v) is 3.77. The van der Waals surface area contributed by atoms with E-state index in [4.69, 9.17) is 5.73 Å². The second-order valence-corrected chi connectivity index (χ2v) is 5.29. The molecule has 0 aliphatic heterocycles. The summed E-state index contributed by atoms with van der Waals surface area (Å²) in [6, 6.07) is 11.7. The molecule has 0 bridgehead atoms. The molecule has 2 unspecified atom stereocenters. The van der Waals surface area contributed by atoms with E-state index in [1.807, 2.05) is 0 Å². The molecule has 2 rings (SSSR count). The number of hydrogen-bond acceptors (Lipinski definition) is 2. The molecule has 0 aromatic heterocycles. The van der Waals surface area contributed by atoms with Gasteiger partial charge in [0.2, 0.25) is 0 Å². The SMILES string of the molecule is CC(CC(CN)NC1CC=CC1)c1ccccc1. The van der Waals surface area contributed by atoms with Crippen LogP contribution in [0.3, 0.4) is 0 Å². The normalized spacial score (nSPS) is 19.0. The first-order chi connectivity index (χ1) is 8.79. The van der Waals surface area contributed by atoms with E-state index in [9.17, 15) is 0 Å². The quantitative estimate of drug-likeness (QED) is 0.755. The molecule has 0 heterocycles. The predicted octanol–water partition coefficient (Wildman–Crippen LogP) is 2.82. The molecule has 0 radical (unpaired) electrons.